The minimum absolute atomic E-state index is 0. The third-order valence-corrected chi connectivity index (χ3v) is 16.6. The van der Waals surface area contributed by atoms with Gasteiger partial charge in [-0.05, 0) is 134 Å². The number of hydrogen-bond acceptors (Lipinski definition) is 6. The molecule has 9 unspecified atom stereocenters. The number of aliphatic hydroxyl groups is 1. The Balaban J connectivity index is 0.000000239. The fourth-order valence-corrected chi connectivity index (χ4v) is 12.5. The van der Waals surface area contributed by atoms with Gasteiger partial charge in [0.05, 0.1) is 33.2 Å². The topological polar surface area (TPSA) is 127 Å². The summed E-state index contributed by atoms with van der Waals surface area (Å²) in [5.74, 6) is -1.20. The summed E-state index contributed by atoms with van der Waals surface area (Å²) >= 11 is 12.2. The van der Waals surface area contributed by atoms with Crippen LogP contribution in [0.25, 0.3) is 0 Å². The number of aliphatic carboxylic acids is 1. The van der Waals surface area contributed by atoms with Crippen molar-refractivity contribution in [3.05, 3.63) is 69.2 Å². The minimum Gasteiger partial charge on any atom is -0.545 e. The largest absolute Gasteiger partial charge is 1.00 e. The predicted octanol–water partition coefficient (Wildman–Crippen LogP) is 6.83. The van der Waals surface area contributed by atoms with Gasteiger partial charge in [-0.3, -0.25) is 9.59 Å². The molecule has 7 rings (SSSR count). The van der Waals surface area contributed by atoms with E-state index < -0.39 is 17.4 Å². The van der Waals surface area contributed by atoms with Gasteiger partial charge in [0, 0.05) is 17.2 Å². The number of rotatable bonds is 4. The number of hydrogen-bond donors (Lipinski definition) is 3. The van der Waals surface area contributed by atoms with Crippen molar-refractivity contribution in [2.24, 2.45) is 50.2 Å². The number of carboxylic acid groups (broad SMARTS) is 2. The first-order valence-corrected chi connectivity index (χ1v) is 20.0. The molecule has 0 heterocycles. The third kappa shape index (κ3) is 6.73. The Morgan fingerprint density at radius 2 is 1.54 bits per heavy atom. The molecule has 3 N–H and O–H groups in total. The van der Waals surface area contributed by atoms with Gasteiger partial charge in [-0.2, -0.15) is 0 Å². The molecule has 2 aromatic carbocycles. The molecule has 4 saturated carbocycles. The van der Waals surface area contributed by atoms with E-state index >= 15 is 0 Å². The number of halogens is 2. The van der Waals surface area contributed by atoms with Gasteiger partial charge in [0.25, 0.3) is 0 Å². The van der Waals surface area contributed by atoms with Crippen LogP contribution >= 0.6 is 23.2 Å². The quantitative estimate of drug-likeness (QED) is 0.290. The van der Waals surface area contributed by atoms with E-state index in [9.17, 15) is 29.7 Å². The van der Waals surface area contributed by atoms with Crippen molar-refractivity contribution in [3.63, 3.8) is 0 Å². The first-order chi connectivity index (χ1) is 24.6. The summed E-state index contributed by atoms with van der Waals surface area (Å²) in [6, 6.07) is 9.91. The van der Waals surface area contributed by atoms with E-state index in [2.05, 4.69) is 46.9 Å². The van der Waals surface area contributed by atoms with Gasteiger partial charge in [-0.15, -0.1) is 0 Å². The van der Waals surface area contributed by atoms with Crippen molar-refractivity contribution in [1.82, 2.24) is 0 Å². The van der Waals surface area contributed by atoms with Crippen molar-refractivity contribution in [1.29, 1.82) is 0 Å². The zero-order chi connectivity index (χ0) is 39.1. The number of aliphatic hydroxyl groups excluding tert-OH is 1. The molecule has 0 spiro atoms. The molecule has 288 valence electrons. The average Bonchev–Trinajstić information content (AvgIpc) is 3.09. The fourth-order valence-electron chi connectivity index (χ4n) is 12.0. The van der Waals surface area contributed by atoms with Gasteiger partial charge in [0.1, 0.15) is 0 Å². The number of carboxylic acids is 2. The second kappa shape index (κ2) is 14.8. The number of aromatic carboxylic acids is 1. The number of aryl methyl sites for hydroxylation is 1. The van der Waals surface area contributed by atoms with Gasteiger partial charge in [0.15, 0.2) is 5.78 Å². The van der Waals surface area contributed by atoms with Crippen LogP contribution in [0.2, 0.25) is 10.0 Å². The minimum atomic E-state index is -1.26. The SMILES string of the molecule is CC1(C(=O)O)CCC2(C)CCC3(C)C(=CC(=O)C4C5(C)CCC(O)C(C)(C)C5CCC43C)C2C1.Cc1ccc(Cl)c(Nc2ccccc2C(=O)[O-])c1Cl.[Na+]. The molecular weight excluding hydrogens is 732 g/mol. The van der Waals surface area contributed by atoms with Gasteiger partial charge in [0.2, 0.25) is 0 Å². The molecule has 0 aliphatic heterocycles. The zero-order valence-corrected chi connectivity index (χ0v) is 37.0. The van der Waals surface area contributed by atoms with Gasteiger partial charge in [-0.1, -0.05) is 94.6 Å². The van der Waals surface area contributed by atoms with Crippen LogP contribution < -0.4 is 40.0 Å². The maximum Gasteiger partial charge on any atom is 1.00 e. The number of para-hydroxylation sites is 1. The van der Waals surface area contributed by atoms with Crippen LogP contribution in [0, 0.1) is 57.2 Å². The molecule has 0 amide bonds. The molecular formula is C44H56Cl2NNaO6. The summed E-state index contributed by atoms with van der Waals surface area (Å²) in [6.07, 6.45) is 9.95. The summed E-state index contributed by atoms with van der Waals surface area (Å²) in [4.78, 5) is 37.5. The molecule has 54 heavy (non-hydrogen) atoms. The van der Waals surface area contributed by atoms with Crippen molar-refractivity contribution in [2.45, 2.75) is 119 Å². The summed E-state index contributed by atoms with van der Waals surface area (Å²) in [6.45, 7) is 17.7. The van der Waals surface area contributed by atoms with Crippen LogP contribution in [0.4, 0.5) is 11.4 Å². The molecule has 7 nitrogen and oxygen atoms in total. The molecule has 5 aliphatic carbocycles. The Labute approximate surface area is 353 Å². The van der Waals surface area contributed by atoms with Crippen molar-refractivity contribution >= 4 is 52.3 Å². The number of fused-ring (bicyclic) bond motifs is 7. The monoisotopic (exact) mass is 787 g/mol. The van der Waals surface area contributed by atoms with Gasteiger partial charge < -0.3 is 25.4 Å². The number of ketones is 1. The molecule has 10 heteroatoms. The van der Waals surface area contributed by atoms with E-state index in [1.54, 1.807) is 30.3 Å². The molecule has 2 aromatic rings. The van der Waals surface area contributed by atoms with Crippen LogP contribution in [-0.2, 0) is 9.59 Å². The standard InChI is InChI=1S/C30H46O4.C14H11Cl2NO2.Na/c1-25(2)21-8-11-30(7)23(28(21,5)10-9-22(25)32)20(31)16-18-19-17-27(4,24(33)34)13-12-26(19,3)14-15-29(18,30)6;1-8-6-7-10(15)13(12(8)16)17-11-5-3-2-4-9(11)14(18)19;/h16,19,21-23,32H,8-15,17H2,1-7H3,(H,33,34);2-7,17H,1H3,(H,18,19);/q;;+1/p-1. The van der Waals surface area contributed by atoms with Gasteiger partial charge in [-0.25, -0.2) is 0 Å². The maximum atomic E-state index is 14.2. The second-order valence-electron chi connectivity index (χ2n) is 18.9. The van der Waals surface area contributed by atoms with E-state index in [1.807, 2.05) is 19.9 Å². The number of allylic oxidation sites excluding steroid dienone is 2. The van der Waals surface area contributed by atoms with E-state index in [1.165, 1.54) is 11.6 Å². The average molecular weight is 789 g/mol. The second-order valence-corrected chi connectivity index (χ2v) is 19.7. The Kier molecular flexibility index (Phi) is 11.9. The number of carbonyl (C=O) groups excluding carboxylic acids is 2. The first-order valence-electron chi connectivity index (χ1n) is 19.3. The van der Waals surface area contributed by atoms with Gasteiger partial charge >= 0.3 is 35.5 Å². The Morgan fingerprint density at radius 1 is 0.889 bits per heavy atom. The summed E-state index contributed by atoms with van der Waals surface area (Å²) in [7, 11) is 0. The Morgan fingerprint density at radius 3 is 2.19 bits per heavy atom. The van der Waals surface area contributed by atoms with Crippen LogP contribution in [0.15, 0.2) is 48.0 Å². The van der Waals surface area contributed by atoms with Crippen molar-refractivity contribution < 1.29 is 59.3 Å². The molecule has 0 bridgehead atoms. The fraction of sp³-hybridized carbons (Fsp3) is 0.614. The summed E-state index contributed by atoms with van der Waals surface area (Å²) < 4.78 is 0. The van der Waals surface area contributed by atoms with Crippen LogP contribution in [-0.4, -0.2) is 34.0 Å². The van der Waals surface area contributed by atoms with Crippen LogP contribution in [0.1, 0.15) is 122 Å². The van der Waals surface area contributed by atoms with E-state index in [4.69, 9.17) is 23.2 Å². The molecule has 0 saturated heterocycles. The van der Waals surface area contributed by atoms with E-state index in [0.717, 1.165) is 56.9 Å². The zero-order valence-electron chi connectivity index (χ0n) is 33.5. The maximum absolute atomic E-state index is 14.2. The molecule has 5 aliphatic rings. The van der Waals surface area contributed by atoms with E-state index in [0.29, 0.717) is 33.8 Å². The summed E-state index contributed by atoms with van der Waals surface area (Å²) in [5, 5.41) is 35.8. The number of anilines is 2. The number of benzene rings is 2. The molecule has 9 atom stereocenters. The Bertz CT molecular complexity index is 1880. The van der Waals surface area contributed by atoms with E-state index in [-0.39, 0.29) is 85.9 Å². The number of carbonyl (C=O) groups is 3. The van der Waals surface area contributed by atoms with Crippen molar-refractivity contribution in [2.75, 3.05) is 5.32 Å². The third-order valence-electron chi connectivity index (χ3n) is 15.8. The number of nitrogens with one attached hydrogen (secondary N) is 1. The smallest absolute Gasteiger partial charge is 0.545 e. The predicted molar refractivity (Wildman–Crippen MR) is 208 cm³/mol. The molecule has 4 fully saturated rings. The molecule has 0 radical (unpaired) electrons. The van der Waals surface area contributed by atoms with Crippen LogP contribution in [0.5, 0.6) is 0 Å². The first kappa shape index (κ1) is 43.3. The van der Waals surface area contributed by atoms with Crippen LogP contribution in [0.3, 0.4) is 0 Å². The Hall–Kier alpha value is -1.87. The van der Waals surface area contributed by atoms with Crippen molar-refractivity contribution in [3.8, 4) is 0 Å². The normalized spacial score (nSPS) is 37.7. The molecule has 0 aromatic heterocycles. The summed E-state index contributed by atoms with van der Waals surface area (Å²) in [5.41, 5.74) is 1.91.